The van der Waals surface area contributed by atoms with Crippen molar-refractivity contribution >= 4 is 34.9 Å². The molecule has 37 heavy (non-hydrogen) atoms. The van der Waals surface area contributed by atoms with Crippen LogP contribution in [0.1, 0.15) is 15.9 Å². The molecule has 3 aromatic carbocycles. The van der Waals surface area contributed by atoms with Crippen molar-refractivity contribution in [1.82, 2.24) is 15.1 Å². The van der Waals surface area contributed by atoms with Gasteiger partial charge in [-0.15, -0.1) is 5.11 Å². The predicted molar refractivity (Wildman–Crippen MR) is 144 cm³/mol. The molecule has 1 heterocycles. The number of benzene rings is 3. The zero-order chi connectivity index (χ0) is 26.4. The third-order valence-electron chi connectivity index (χ3n) is 5.47. The zero-order valence-electron chi connectivity index (χ0n) is 19.8. The summed E-state index contributed by atoms with van der Waals surface area (Å²) in [6, 6.07) is 22.1. The van der Waals surface area contributed by atoms with E-state index in [4.69, 9.17) is 44.3 Å². The molecule has 11 heteroatoms. The second kappa shape index (κ2) is 11.7. The summed E-state index contributed by atoms with van der Waals surface area (Å²) in [6.07, 6.45) is 0. The van der Waals surface area contributed by atoms with Crippen molar-refractivity contribution in [2.45, 2.75) is 6.54 Å². The summed E-state index contributed by atoms with van der Waals surface area (Å²) >= 11 is 12.6. The van der Waals surface area contributed by atoms with Gasteiger partial charge in [0.05, 0.1) is 31.6 Å². The van der Waals surface area contributed by atoms with E-state index in [0.29, 0.717) is 22.2 Å². The van der Waals surface area contributed by atoms with Gasteiger partial charge < -0.3 is 15.9 Å². The standard InChI is InChI=1S/C26H23Cl2N7O2/c1-37-22-8-6-17(7-9-22)23-13-24(19-10-20(27)12-21(28)11-19)35(33-23)15-16-2-4-18(5-3-16)26(36)31-14-25(29)32-34-30/h2-13H,14-15H2,1H3,(H,31,36)(H3,29,30,32). The van der Waals surface area contributed by atoms with Crippen molar-refractivity contribution in [2.24, 2.45) is 16.2 Å². The van der Waals surface area contributed by atoms with Crippen LogP contribution in [0.3, 0.4) is 0 Å². The van der Waals surface area contributed by atoms with Gasteiger partial charge >= 0.3 is 0 Å². The Labute approximate surface area is 223 Å². The van der Waals surface area contributed by atoms with E-state index in [2.05, 4.69) is 15.7 Å². The molecular formula is C26H23Cl2N7O2. The molecule has 0 aliphatic rings. The summed E-state index contributed by atoms with van der Waals surface area (Å²) in [5.74, 6) is 5.19. The Kier molecular flexibility index (Phi) is 8.17. The number of rotatable bonds is 8. The number of amides is 1. The van der Waals surface area contributed by atoms with E-state index in [9.17, 15) is 4.79 Å². The fourth-order valence-corrected chi connectivity index (χ4v) is 4.21. The number of halogens is 2. The number of ether oxygens (including phenoxy) is 1. The maximum atomic E-state index is 12.4. The van der Waals surface area contributed by atoms with Crippen LogP contribution in [0.25, 0.3) is 22.5 Å². The van der Waals surface area contributed by atoms with E-state index in [-0.39, 0.29) is 18.3 Å². The number of carbonyl (C=O) groups excluding carboxylic acids is 1. The van der Waals surface area contributed by atoms with Crippen LogP contribution in [0.2, 0.25) is 10.0 Å². The van der Waals surface area contributed by atoms with Gasteiger partial charge in [-0.2, -0.15) is 5.10 Å². The predicted octanol–water partition coefficient (Wildman–Crippen LogP) is 5.61. The molecular weight excluding hydrogens is 513 g/mol. The Bertz CT molecular complexity index is 1430. The molecule has 1 amide bonds. The Hall–Kier alpha value is -4.21. The molecule has 188 valence electrons. The molecule has 0 aliphatic heterocycles. The van der Waals surface area contributed by atoms with Gasteiger partial charge in [-0.3, -0.25) is 14.9 Å². The minimum absolute atomic E-state index is 0.0751. The first kappa shape index (κ1) is 25.9. The normalized spacial score (nSPS) is 11.0. The number of nitrogens with one attached hydrogen (secondary N) is 2. The molecule has 0 fully saturated rings. The maximum Gasteiger partial charge on any atom is 0.251 e. The lowest BCUT2D eigenvalue weighted by Gasteiger charge is -2.10. The molecule has 0 aliphatic carbocycles. The van der Waals surface area contributed by atoms with Crippen LogP contribution in [0, 0.1) is 5.41 Å². The zero-order valence-corrected chi connectivity index (χ0v) is 21.3. The van der Waals surface area contributed by atoms with E-state index in [1.807, 2.05) is 59.3 Å². The summed E-state index contributed by atoms with van der Waals surface area (Å²) in [5, 5.41) is 22.4. The number of hydrogen-bond donors (Lipinski definition) is 3. The van der Waals surface area contributed by atoms with Crippen molar-refractivity contribution in [3.63, 3.8) is 0 Å². The molecule has 4 aromatic rings. The lowest BCUT2D eigenvalue weighted by molar-refractivity contribution is 0.0959. The molecule has 0 unspecified atom stereocenters. The average Bonchev–Trinajstić information content (AvgIpc) is 3.31. The Morgan fingerprint density at radius 2 is 1.70 bits per heavy atom. The number of nitrogens with two attached hydrogens (primary N) is 1. The molecule has 0 radical (unpaired) electrons. The lowest BCUT2D eigenvalue weighted by Crippen LogP contribution is -2.28. The molecule has 0 saturated carbocycles. The van der Waals surface area contributed by atoms with Crippen molar-refractivity contribution in [1.29, 1.82) is 5.41 Å². The first-order valence-electron chi connectivity index (χ1n) is 11.1. The molecule has 4 N–H and O–H groups in total. The van der Waals surface area contributed by atoms with Gasteiger partial charge in [0, 0.05) is 26.7 Å². The topological polar surface area (TPSA) is 131 Å². The molecule has 0 bridgehead atoms. The van der Waals surface area contributed by atoms with Crippen LogP contribution in [-0.2, 0) is 6.54 Å². The quantitative estimate of drug-likeness (QED) is 0.0888. The number of methoxy groups -OCH3 is 1. The monoisotopic (exact) mass is 535 g/mol. The van der Waals surface area contributed by atoms with Crippen molar-refractivity contribution in [3.8, 4) is 28.3 Å². The molecule has 4 rings (SSSR count). The van der Waals surface area contributed by atoms with Crippen molar-refractivity contribution in [3.05, 3.63) is 94.0 Å². The number of nitrogens with zero attached hydrogens (tertiary/aromatic N) is 4. The number of carbonyl (C=O) groups is 1. The van der Waals surface area contributed by atoms with E-state index in [1.54, 1.807) is 25.3 Å². The smallest absolute Gasteiger partial charge is 0.251 e. The highest BCUT2D eigenvalue weighted by atomic mass is 35.5. The highest BCUT2D eigenvalue weighted by Crippen LogP contribution is 2.31. The third kappa shape index (κ3) is 6.52. The van der Waals surface area contributed by atoms with Gasteiger partial charge in [-0.1, -0.05) is 40.6 Å². The van der Waals surface area contributed by atoms with Gasteiger partial charge in [-0.05, 0) is 66.2 Å². The fourth-order valence-electron chi connectivity index (χ4n) is 3.68. The molecule has 0 saturated heterocycles. The number of aromatic nitrogens is 2. The minimum atomic E-state index is -0.335. The largest absolute Gasteiger partial charge is 0.497 e. The summed E-state index contributed by atoms with van der Waals surface area (Å²) in [5.41, 5.74) is 4.76. The third-order valence-corrected chi connectivity index (χ3v) is 5.90. The van der Waals surface area contributed by atoms with Gasteiger partial charge in [0.15, 0.2) is 5.84 Å². The van der Waals surface area contributed by atoms with Gasteiger partial charge in [-0.25, -0.2) is 0 Å². The maximum absolute atomic E-state index is 12.4. The molecule has 0 spiro atoms. The van der Waals surface area contributed by atoms with Crippen LogP contribution in [0.5, 0.6) is 5.75 Å². The first-order valence-corrected chi connectivity index (χ1v) is 11.9. The number of hydrogen-bond acceptors (Lipinski definition) is 5. The molecule has 0 atom stereocenters. The van der Waals surface area contributed by atoms with E-state index >= 15 is 0 Å². The Balaban J connectivity index is 1.61. The van der Waals surface area contributed by atoms with Crippen LogP contribution in [-0.4, -0.2) is 35.2 Å². The highest BCUT2D eigenvalue weighted by Gasteiger charge is 2.14. The van der Waals surface area contributed by atoms with Crippen LogP contribution >= 0.6 is 23.2 Å². The van der Waals surface area contributed by atoms with E-state index < -0.39 is 0 Å². The van der Waals surface area contributed by atoms with E-state index in [1.165, 1.54) is 0 Å². The summed E-state index contributed by atoms with van der Waals surface area (Å²) in [6.45, 7) is 0.368. The SMILES string of the molecule is COc1ccc(-c2cc(-c3cc(Cl)cc(Cl)c3)n(Cc3ccc(C(=O)NCC(=N)/N=N\N)cc3)n2)cc1. The van der Waals surface area contributed by atoms with Crippen LogP contribution < -0.4 is 15.9 Å². The Morgan fingerprint density at radius 3 is 2.32 bits per heavy atom. The second-order valence-corrected chi connectivity index (χ2v) is 8.87. The number of amidine groups is 1. The highest BCUT2D eigenvalue weighted by molar-refractivity contribution is 6.35. The molecule has 1 aromatic heterocycles. The fraction of sp³-hybridized carbons (Fsp3) is 0.115. The first-order chi connectivity index (χ1) is 17.9. The minimum Gasteiger partial charge on any atom is -0.497 e. The van der Waals surface area contributed by atoms with Gasteiger partial charge in [0.2, 0.25) is 0 Å². The van der Waals surface area contributed by atoms with Crippen LogP contribution in [0.15, 0.2) is 83.1 Å². The molecule has 9 nitrogen and oxygen atoms in total. The van der Waals surface area contributed by atoms with Gasteiger partial charge in [0.25, 0.3) is 5.91 Å². The van der Waals surface area contributed by atoms with Gasteiger partial charge in [0.1, 0.15) is 5.75 Å². The average molecular weight is 536 g/mol. The lowest BCUT2D eigenvalue weighted by atomic mass is 10.1. The summed E-state index contributed by atoms with van der Waals surface area (Å²) in [4.78, 5) is 12.4. The van der Waals surface area contributed by atoms with E-state index in [0.717, 1.165) is 33.8 Å². The Morgan fingerprint density at radius 1 is 1.03 bits per heavy atom. The van der Waals surface area contributed by atoms with Crippen molar-refractivity contribution < 1.29 is 9.53 Å². The second-order valence-electron chi connectivity index (χ2n) is 8.00. The van der Waals surface area contributed by atoms with Crippen LogP contribution in [0.4, 0.5) is 0 Å². The summed E-state index contributed by atoms with van der Waals surface area (Å²) in [7, 11) is 1.62. The van der Waals surface area contributed by atoms with Crippen molar-refractivity contribution in [2.75, 3.05) is 13.7 Å². The summed E-state index contributed by atoms with van der Waals surface area (Å²) < 4.78 is 7.14.